The van der Waals surface area contributed by atoms with E-state index >= 15 is 0 Å². The van der Waals surface area contributed by atoms with E-state index in [4.69, 9.17) is 0 Å². The van der Waals surface area contributed by atoms with Crippen molar-refractivity contribution in [3.63, 3.8) is 0 Å². The van der Waals surface area contributed by atoms with Gasteiger partial charge >= 0.3 is 12.1 Å². The first-order valence-electron chi connectivity index (χ1n) is 11.5. The largest absolute Gasteiger partial charge is 0.367 e. The van der Waals surface area contributed by atoms with Gasteiger partial charge in [0.25, 0.3) is 11.8 Å². The minimum absolute atomic E-state index is 0.0971. The molecular formula is C24H25N5O6. The van der Waals surface area contributed by atoms with Crippen molar-refractivity contribution in [1.82, 2.24) is 20.0 Å². The number of hydrogen-bond acceptors (Lipinski definition) is 7. The Bertz CT molecular complexity index is 1230. The highest BCUT2D eigenvalue weighted by Gasteiger charge is 2.63. The summed E-state index contributed by atoms with van der Waals surface area (Å²) in [5.41, 5.74) is 0.506. The van der Waals surface area contributed by atoms with Crippen LogP contribution >= 0.6 is 0 Å². The molecule has 1 spiro atoms. The lowest BCUT2D eigenvalue weighted by Gasteiger charge is -2.50. The van der Waals surface area contributed by atoms with Crippen LogP contribution in [0.25, 0.3) is 6.08 Å². The molecule has 1 aromatic carbocycles. The summed E-state index contributed by atoms with van der Waals surface area (Å²) in [4.78, 5) is 81.4. The molecule has 4 aliphatic heterocycles. The van der Waals surface area contributed by atoms with E-state index < -0.39 is 41.1 Å². The van der Waals surface area contributed by atoms with Crippen LogP contribution in [-0.2, 0) is 25.6 Å². The van der Waals surface area contributed by atoms with Crippen molar-refractivity contribution in [3.8, 4) is 0 Å². The highest BCUT2D eigenvalue weighted by atomic mass is 16.2. The van der Waals surface area contributed by atoms with Crippen LogP contribution in [0.15, 0.2) is 23.8 Å². The molecule has 4 heterocycles. The molecule has 5 rings (SSSR count). The molecule has 3 saturated heterocycles. The zero-order valence-corrected chi connectivity index (χ0v) is 19.7. The molecule has 0 unspecified atom stereocenters. The van der Waals surface area contributed by atoms with E-state index in [1.807, 2.05) is 6.07 Å². The van der Waals surface area contributed by atoms with Crippen LogP contribution in [0.1, 0.15) is 30.9 Å². The number of likely N-dealkylation sites (N-methyl/N-ethyl adjacent to an activating group) is 1. The molecular weight excluding hydrogens is 454 g/mol. The molecule has 11 heteroatoms. The maximum Gasteiger partial charge on any atom is 0.332 e. The number of carbonyl (C=O) groups is 6. The highest BCUT2D eigenvalue weighted by molar-refractivity contribution is 6.31. The number of imide groups is 4. The van der Waals surface area contributed by atoms with Crippen molar-refractivity contribution >= 4 is 47.5 Å². The Balaban J connectivity index is 1.59. The predicted molar refractivity (Wildman–Crippen MR) is 123 cm³/mol. The lowest BCUT2D eigenvalue weighted by Crippen LogP contribution is -2.70. The summed E-state index contributed by atoms with van der Waals surface area (Å²) in [5.74, 6) is -2.50. The summed E-state index contributed by atoms with van der Waals surface area (Å²) in [7, 11) is 2.78. The highest BCUT2D eigenvalue weighted by Crippen LogP contribution is 2.49. The Labute approximate surface area is 201 Å². The monoisotopic (exact) mass is 479 g/mol. The van der Waals surface area contributed by atoms with Gasteiger partial charge in [-0.3, -0.25) is 39.2 Å². The summed E-state index contributed by atoms with van der Waals surface area (Å²) in [6.45, 7) is 2.41. The Morgan fingerprint density at radius 3 is 2.40 bits per heavy atom. The molecule has 1 N–H and O–H groups in total. The number of urea groups is 2. The number of nitrogens with one attached hydrogen (secondary N) is 1. The van der Waals surface area contributed by atoms with Gasteiger partial charge < -0.3 is 4.90 Å². The molecule has 1 atom stereocenters. The molecule has 3 fully saturated rings. The normalized spacial score (nSPS) is 25.0. The van der Waals surface area contributed by atoms with Gasteiger partial charge in [-0.15, -0.1) is 0 Å². The van der Waals surface area contributed by atoms with Crippen LogP contribution < -0.4 is 10.2 Å². The lowest BCUT2D eigenvalue weighted by molar-refractivity contribution is -0.159. The fourth-order valence-corrected chi connectivity index (χ4v) is 5.78. The molecule has 182 valence electrons. The topological polar surface area (TPSA) is 127 Å². The van der Waals surface area contributed by atoms with Gasteiger partial charge in [0.15, 0.2) is 5.41 Å². The second kappa shape index (κ2) is 7.76. The Morgan fingerprint density at radius 2 is 1.74 bits per heavy atom. The van der Waals surface area contributed by atoms with Gasteiger partial charge in [-0.25, -0.2) is 9.59 Å². The van der Waals surface area contributed by atoms with Gasteiger partial charge in [0.2, 0.25) is 11.8 Å². The Hall–Kier alpha value is -4.02. The van der Waals surface area contributed by atoms with E-state index in [0.717, 1.165) is 26.8 Å². The predicted octanol–water partition coefficient (Wildman–Crippen LogP) is 0.730. The van der Waals surface area contributed by atoms with E-state index in [1.165, 1.54) is 20.2 Å². The first-order valence-corrected chi connectivity index (χ1v) is 11.5. The van der Waals surface area contributed by atoms with Gasteiger partial charge in [0.1, 0.15) is 5.57 Å². The average Bonchev–Trinajstić information content (AvgIpc) is 3.33. The molecule has 11 nitrogen and oxygen atoms in total. The van der Waals surface area contributed by atoms with E-state index in [9.17, 15) is 28.8 Å². The maximum atomic E-state index is 13.5. The average molecular weight is 479 g/mol. The minimum Gasteiger partial charge on any atom is -0.367 e. The van der Waals surface area contributed by atoms with E-state index in [-0.39, 0.29) is 24.6 Å². The lowest BCUT2D eigenvalue weighted by atomic mass is 9.68. The first kappa shape index (κ1) is 22.8. The summed E-state index contributed by atoms with van der Waals surface area (Å²) < 4.78 is 0. The number of fused-ring (bicyclic) bond motifs is 4. The fraction of sp³-hybridized carbons (Fsp3) is 0.417. The van der Waals surface area contributed by atoms with Crippen LogP contribution in [0.2, 0.25) is 0 Å². The molecule has 0 saturated carbocycles. The van der Waals surface area contributed by atoms with Crippen LogP contribution in [0.3, 0.4) is 0 Å². The summed E-state index contributed by atoms with van der Waals surface area (Å²) in [6.07, 6.45) is 2.95. The van der Waals surface area contributed by atoms with E-state index in [2.05, 4.69) is 10.2 Å². The van der Waals surface area contributed by atoms with Gasteiger partial charge in [-0.2, -0.15) is 0 Å². The fourth-order valence-electron chi connectivity index (χ4n) is 5.78. The van der Waals surface area contributed by atoms with Crippen LogP contribution in [0.4, 0.5) is 15.3 Å². The van der Waals surface area contributed by atoms with Crippen molar-refractivity contribution in [3.05, 3.63) is 34.9 Å². The smallest absolute Gasteiger partial charge is 0.332 e. The minimum atomic E-state index is -1.43. The van der Waals surface area contributed by atoms with Crippen molar-refractivity contribution in [2.45, 2.75) is 32.2 Å². The number of anilines is 1. The number of amides is 8. The van der Waals surface area contributed by atoms with Gasteiger partial charge in [-0.05, 0) is 55.5 Å². The quantitative estimate of drug-likeness (QED) is 0.376. The number of benzene rings is 1. The third-order valence-corrected chi connectivity index (χ3v) is 7.46. The maximum absolute atomic E-state index is 13.5. The van der Waals surface area contributed by atoms with Crippen LogP contribution in [-0.4, -0.2) is 83.6 Å². The third-order valence-electron chi connectivity index (χ3n) is 7.46. The molecule has 0 bridgehead atoms. The summed E-state index contributed by atoms with van der Waals surface area (Å²) in [6, 6.07) is 3.59. The van der Waals surface area contributed by atoms with Crippen LogP contribution in [0.5, 0.6) is 0 Å². The van der Waals surface area contributed by atoms with Crippen molar-refractivity contribution < 1.29 is 28.8 Å². The Morgan fingerprint density at radius 1 is 1.06 bits per heavy atom. The number of hydrogen-bond donors (Lipinski definition) is 1. The Kier molecular flexibility index (Phi) is 5.04. The molecule has 8 amide bonds. The number of barbiturate groups is 2. The van der Waals surface area contributed by atoms with Gasteiger partial charge in [0.05, 0.1) is 6.04 Å². The van der Waals surface area contributed by atoms with E-state index in [1.54, 1.807) is 19.1 Å². The third kappa shape index (κ3) is 3.03. The van der Waals surface area contributed by atoms with Crippen molar-refractivity contribution in [1.29, 1.82) is 0 Å². The SMILES string of the molecule is CCN1C(=O)NC(=O)/C(=C/c2ccc3c(c2)CC2(C(=O)N(C)C(=O)N(C)C2=O)[C@@H]2CCCN32)C1=O. The second-order valence-electron chi connectivity index (χ2n) is 9.27. The molecule has 0 radical (unpaired) electrons. The van der Waals surface area contributed by atoms with Crippen molar-refractivity contribution in [2.24, 2.45) is 5.41 Å². The van der Waals surface area contributed by atoms with Gasteiger partial charge in [0, 0.05) is 32.9 Å². The number of carbonyl (C=O) groups excluding carboxylic acids is 6. The van der Waals surface area contributed by atoms with Crippen molar-refractivity contribution in [2.75, 3.05) is 32.1 Å². The second-order valence-corrected chi connectivity index (χ2v) is 9.27. The summed E-state index contributed by atoms with van der Waals surface area (Å²) >= 11 is 0. The standard InChI is InChI=1S/C24H25N5O6/c1-4-28-19(31)15(18(30)25-22(28)34)11-13-7-8-16-14(10-13)12-24(17-6-5-9-29(16)17)20(32)26(2)23(35)27(3)21(24)33/h7-8,10-11,17H,4-6,9,12H2,1-3H3,(H,25,30,34)/b15-11-/t17-/m0/s1. The van der Waals surface area contributed by atoms with Gasteiger partial charge in [-0.1, -0.05) is 6.07 Å². The zero-order chi connectivity index (χ0) is 25.2. The first-order chi connectivity index (χ1) is 16.6. The number of rotatable bonds is 2. The molecule has 0 aromatic heterocycles. The van der Waals surface area contributed by atoms with E-state index in [0.29, 0.717) is 24.1 Å². The molecule has 0 aliphatic carbocycles. The zero-order valence-electron chi connectivity index (χ0n) is 19.7. The van der Waals surface area contributed by atoms with Crippen LogP contribution in [0, 0.1) is 5.41 Å². The molecule has 1 aromatic rings. The molecule has 4 aliphatic rings. The molecule has 35 heavy (non-hydrogen) atoms. The number of nitrogens with zero attached hydrogens (tertiary/aromatic N) is 4. The summed E-state index contributed by atoms with van der Waals surface area (Å²) in [5, 5.41) is 2.16.